The van der Waals surface area contributed by atoms with E-state index in [2.05, 4.69) is 159 Å². The highest BCUT2D eigenvalue weighted by atomic mass is 16.3. The Kier molecular flexibility index (Phi) is 6.64. The van der Waals surface area contributed by atoms with Crippen molar-refractivity contribution in [1.29, 1.82) is 0 Å². The van der Waals surface area contributed by atoms with Gasteiger partial charge >= 0.3 is 0 Å². The summed E-state index contributed by atoms with van der Waals surface area (Å²) in [6.07, 6.45) is 0. The molecular formula is C47H37NO. The molecular weight excluding hydrogens is 595 g/mol. The van der Waals surface area contributed by atoms with Crippen molar-refractivity contribution >= 4 is 33.3 Å². The molecule has 0 fully saturated rings. The van der Waals surface area contributed by atoms with Crippen LogP contribution in [-0.4, -0.2) is 7.05 Å². The molecule has 0 N–H and O–H groups in total. The van der Waals surface area contributed by atoms with Crippen LogP contribution in [0, 0.1) is 0 Å². The van der Waals surface area contributed by atoms with Crippen molar-refractivity contribution in [2.45, 2.75) is 24.7 Å². The van der Waals surface area contributed by atoms with E-state index < -0.39 is 0 Å². The summed E-state index contributed by atoms with van der Waals surface area (Å²) in [5.41, 5.74) is 14.9. The number of benzene rings is 7. The highest BCUT2D eigenvalue weighted by molar-refractivity contribution is 6.04. The van der Waals surface area contributed by atoms with Crippen LogP contribution in [0.15, 0.2) is 174 Å². The lowest BCUT2D eigenvalue weighted by Gasteiger charge is -2.46. The summed E-state index contributed by atoms with van der Waals surface area (Å²) in [6.45, 7) is 4.75. The first kappa shape index (κ1) is 29.3. The monoisotopic (exact) mass is 631 g/mol. The second-order valence-corrected chi connectivity index (χ2v) is 13.7. The van der Waals surface area contributed by atoms with Crippen LogP contribution < -0.4 is 4.90 Å². The van der Waals surface area contributed by atoms with Crippen molar-refractivity contribution in [1.82, 2.24) is 0 Å². The average Bonchev–Trinajstić information content (AvgIpc) is 3.68. The van der Waals surface area contributed by atoms with Crippen LogP contribution in [0.5, 0.6) is 0 Å². The molecule has 49 heavy (non-hydrogen) atoms. The number of hydrogen-bond acceptors (Lipinski definition) is 2. The zero-order valence-electron chi connectivity index (χ0n) is 28.0. The largest absolute Gasteiger partial charge is 0.456 e. The van der Waals surface area contributed by atoms with Gasteiger partial charge in [-0.1, -0.05) is 147 Å². The quantitative estimate of drug-likeness (QED) is 0.189. The topological polar surface area (TPSA) is 16.4 Å². The molecule has 7 aromatic carbocycles. The van der Waals surface area contributed by atoms with E-state index in [0.717, 1.165) is 11.2 Å². The lowest BCUT2D eigenvalue weighted by Crippen LogP contribution is -2.40. The highest BCUT2D eigenvalue weighted by Gasteiger charge is 2.53. The summed E-state index contributed by atoms with van der Waals surface area (Å²) in [7, 11) is 2.16. The molecule has 10 rings (SSSR count). The van der Waals surface area contributed by atoms with Crippen LogP contribution in [0.25, 0.3) is 33.1 Å². The van der Waals surface area contributed by atoms with E-state index in [9.17, 15) is 0 Å². The summed E-state index contributed by atoms with van der Waals surface area (Å²) < 4.78 is 5.65. The molecule has 0 atom stereocenters. The summed E-state index contributed by atoms with van der Waals surface area (Å²) >= 11 is 0. The van der Waals surface area contributed by atoms with Crippen molar-refractivity contribution in [3.8, 4) is 11.1 Å². The lowest BCUT2D eigenvalue weighted by atomic mass is 9.55. The van der Waals surface area contributed by atoms with Crippen LogP contribution in [0.4, 0.5) is 11.4 Å². The third-order valence-electron chi connectivity index (χ3n) is 10.9. The molecule has 2 nitrogen and oxygen atoms in total. The third kappa shape index (κ3) is 4.27. The van der Waals surface area contributed by atoms with Crippen molar-refractivity contribution in [2.75, 3.05) is 11.9 Å². The van der Waals surface area contributed by atoms with Gasteiger partial charge in [0, 0.05) is 34.6 Å². The fraction of sp³-hybridized carbons (Fsp3) is 0.106. The van der Waals surface area contributed by atoms with Crippen LogP contribution in [0.2, 0.25) is 0 Å². The first-order chi connectivity index (χ1) is 24.0. The summed E-state index contributed by atoms with van der Waals surface area (Å²) in [4.78, 5) is 2.29. The van der Waals surface area contributed by atoms with Gasteiger partial charge in [0.05, 0.1) is 5.41 Å². The highest BCUT2D eigenvalue weighted by Crippen LogP contribution is 2.62. The minimum absolute atomic E-state index is 0.0748. The SMILES string of the molecule is CN(c1ccccc1)c1ccc2c(c1)C1(c3ccccc3-2)c2ccccc2C(C)(C)c2ccccc21.c1ccc2c(c1)oc1ccccc12. The molecule has 0 unspecified atom stereocenters. The minimum Gasteiger partial charge on any atom is -0.456 e. The maximum atomic E-state index is 5.65. The molecule has 0 aliphatic heterocycles. The van der Waals surface area contributed by atoms with Crippen LogP contribution >= 0.6 is 0 Å². The Hall–Kier alpha value is -5.86. The first-order valence-electron chi connectivity index (χ1n) is 17.1. The minimum atomic E-state index is -0.345. The van der Waals surface area contributed by atoms with Gasteiger partial charge in [-0.3, -0.25) is 0 Å². The summed E-state index contributed by atoms with van der Waals surface area (Å²) in [5, 5.41) is 2.39. The standard InChI is InChI=1S/C35H29N.C12H8O/c1-34(2)29-17-9-11-19-31(29)35(32-20-12-10-18-30(32)34)28-16-8-7-15-26(28)27-22-21-25(23-33(27)35)36(3)24-13-5-4-6-14-24;1-3-7-11-9(5-1)10-6-2-4-8-12(10)13-11/h4-23H,1-3H3;1-8H. The molecule has 236 valence electrons. The van der Waals surface area contributed by atoms with Crippen LogP contribution in [0.1, 0.15) is 47.2 Å². The van der Waals surface area contributed by atoms with E-state index in [0.29, 0.717) is 0 Å². The van der Waals surface area contributed by atoms with Gasteiger partial charge in [0.1, 0.15) is 11.2 Å². The van der Waals surface area contributed by atoms with Gasteiger partial charge in [0.2, 0.25) is 0 Å². The van der Waals surface area contributed by atoms with Gasteiger partial charge in [-0.2, -0.15) is 0 Å². The van der Waals surface area contributed by atoms with Crippen LogP contribution in [0.3, 0.4) is 0 Å². The smallest absolute Gasteiger partial charge is 0.135 e. The number of anilines is 2. The number of furan rings is 1. The van der Waals surface area contributed by atoms with E-state index in [1.807, 2.05) is 36.4 Å². The predicted octanol–water partition coefficient (Wildman–Crippen LogP) is 12.0. The Bertz CT molecular complexity index is 2400. The maximum absolute atomic E-state index is 5.65. The Morgan fingerprint density at radius 3 is 1.49 bits per heavy atom. The molecule has 1 spiro atoms. The van der Waals surface area contributed by atoms with Gasteiger partial charge < -0.3 is 9.32 Å². The number of hydrogen-bond donors (Lipinski definition) is 0. The van der Waals surface area contributed by atoms with E-state index in [1.165, 1.54) is 66.7 Å². The van der Waals surface area contributed by atoms with Crippen molar-refractivity contribution in [2.24, 2.45) is 0 Å². The van der Waals surface area contributed by atoms with Crippen molar-refractivity contribution in [3.05, 3.63) is 203 Å². The number of fused-ring (bicyclic) bond motifs is 12. The van der Waals surface area contributed by atoms with Gasteiger partial charge in [-0.05, 0) is 80.9 Å². The molecule has 0 saturated carbocycles. The Morgan fingerprint density at radius 1 is 0.408 bits per heavy atom. The Balaban J connectivity index is 0.000000208. The number of para-hydroxylation sites is 3. The first-order valence-corrected chi connectivity index (χ1v) is 17.1. The van der Waals surface area contributed by atoms with E-state index in [-0.39, 0.29) is 10.8 Å². The summed E-state index contributed by atoms with van der Waals surface area (Å²) in [5.74, 6) is 0. The molecule has 2 aliphatic carbocycles. The predicted molar refractivity (Wildman–Crippen MR) is 204 cm³/mol. The third-order valence-corrected chi connectivity index (χ3v) is 10.9. The molecule has 1 heterocycles. The molecule has 1 aromatic heterocycles. The average molecular weight is 632 g/mol. The van der Waals surface area contributed by atoms with Gasteiger partial charge in [-0.25, -0.2) is 0 Å². The maximum Gasteiger partial charge on any atom is 0.135 e. The molecule has 0 radical (unpaired) electrons. The van der Waals surface area contributed by atoms with Crippen molar-refractivity contribution in [3.63, 3.8) is 0 Å². The molecule has 0 bridgehead atoms. The second-order valence-electron chi connectivity index (χ2n) is 13.7. The van der Waals surface area contributed by atoms with E-state index >= 15 is 0 Å². The van der Waals surface area contributed by atoms with Gasteiger partial charge in [0.15, 0.2) is 0 Å². The van der Waals surface area contributed by atoms with Gasteiger partial charge in [0.25, 0.3) is 0 Å². The molecule has 0 amide bonds. The molecule has 8 aromatic rings. The normalized spacial score (nSPS) is 14.3. The molecule has 2 aliphatic rings. The van der Waals surface area contributed by atoms with E-state index in [1.54, 1.807) is 0 Å². The zero-order chi connectivity index (χ0) is 33.2. The number of rotatable bonds is 2. The van der Waals surface area contributed by atoms with E-state index in [4.69, 9.17) is 4.42 Å². The number of nitrogens with zero attached hydrogens (tertiary/aromatic N) is 1. The zero-order valence-corrected chi connectivity index (χ0v) is 28.0. The Morgan fingerprint density at radius 2 is 0.878 bits per heavy atom. The fourth-order valence-electron chi connectivity index (χ4n) is 8.53. The van der Waals surface area contributed by atoms with Gasteiger partial charge in [-0.15, -0.1) is 0 Å². The van der Waals surface area contributed by atoms with Crippen LogP contribution in [-0.2, 0) is 10.8 Å². The second kappa shape index (κ2) is 11.1. The molecule has 2 heteroatoms. The lowest BCUT2D eigenvalue weighted by molar-refractivity contribution is 0.563. The summed E-state index contributed by atoms with van der Waals surface area (Å²) in [6, 6.07) is 61.1. The fourth-order valence-corrected chi connectivity index (χ4v) is 8.53. The molecule has 0 saturated heterocycles. The Labute approximate surface area is 287 Å². The van der Waals surface area contributed by atoms with Crippen molar-refractivity contribution < 1.29 is 4.42 Å².